The number of nitrogens with one attached hydrogen (secondary N) is 1. The molecule has 2 aromatic carbocycles. The molecule has 2 aromatic rings. The van der Waals surface area contributed by atoms with Gasteiger partial charge < -0.3 is 5.32 Å². The largest absolute Gasteiger partial charge is 0.416 e. The SMILES string of the molecule is Cc1cc(C(=O)Nc2cccc(C(F)(F)F)c2)ccc1F. The summed E-state index contributed by atoms with van der Waals surface area (Å²) in [5, 5.41) is 2.36. The standard InChI is InChI=1S/C15H11F4NO/c1-9-7-10(5-6-13(9)16)14(21)20-12-4-2-3-11(8-12)15(17,18)19/h2-8H,1H3,(H,20,21). The van der Waals surface area contributed by atoms with E-state index in [1.165, 1.54) is 31.2 Å². The zero-order valence-electron chi connectivity index (χ0n) is 11.0. The maximum atomic E-state index is 13.1. The molecule has 0 saturated heterocycles. The minimum Gasteiger partial charge on any atom is -0.322 e. The summed E-state index contributed by atoms with van der Waals surface area (Å²) in [6.07, 6.45) is -4.48. The molecule has 1 amide bonds. The van der Waals surface area contributed by atoms with Gasteiger partial charge in [0.1, 0.15) is 5.82 Å². The van der Waals surface area contributed by atoms with Gasteiger partial charge >= 0.3 is 6.18 Å². The molecule has 0 atom stereocenters. The number of hydrogen-bond donors (Lipinski definition) is 1. The summed E-state index contributed by atoms with van der Waals surface area (Å²) in [6, 6.07) is 8.05. The van der Waals surface area contributed by atoms with Gasteiger partial charge in [-0.05, 0) is 48.9 Å². The highest BCUT2D eigenvalue weighted by Gasteiger charge is 2.30. The Kier molecular flexibility index (Phi) is 3.97. The average molecular weight is 297 g/mol. The first-order valence-electron chi connectivity index (χ1n) is 6.02. The Hall–Kier alpha value is -2.37. The molecular weight excluding hydrogens is 286 g/mol. The van der Waals surface area contributed by atoms with E-state index in [1.54, 1.807) is 0 Å². The lowest BCUT2D eigenvalue weighted by Gasteiger charge is -2.10. The zero-order chi connectivity index (χ0) is 15.6. The minimum absolute atomic E-state index is 0.0248. The van der Waals surface area contributed by atoms with Gasteiger partial charge in [-0.15, -0.1) is 0 Å². The van der Waals surface area contributed by atoms with E-state index in [1.807, 2.05) is 0 Å². The molecule has 0 aliphatic heterocycles. The van der Waals surface area contributed by atoms with Crippen molar-refractivity contribution in [1.82, 2.24) is 0 Å². The van der Waals surface area contributed by atoms with Crippen molar-refractivity contribution in [2.75, 3.05) is 5.32 Å². The Morgan fingerprint density at radius 2 is 1.81 bits per heavy atom. The van der Waals surface area contributed by atoms with Gasteiger partial charge in [0.05, 0.1) is 5.56 Å². The summed E-state index contributed by atoms with van der Waals surface area (Å²) in [5.74, 6) is -1.05. The molecular formula is C15H11F4NO. The molecule has 110 valence electrons. The Balaban J connectivity index is 2.21. The Bertz CT molecular complexity index is 680. The molecule has 0 aromatic heterocycles. The fraction of sp³-hybridized carbons (Fsp3) is 0.133. The third kappa shape index (κ3) is 3.59. The lowest BCUT2D eigenvalue weighted by molar-refractivity contribution is -0.137. The van der Waals surface area contributed by atoms with E-state index in [0.717, 1.165) is 18.2 Å². The summed E-state index contributed by atoms with van der Waals surface area (Å²) in [5.41, 5.74) is -0.370. The summed E-state index contributed by atoms with van der Waals surface area (Å²) in [4.78, 5) is 11.9. The van der Waals surface area contributed by atoms with Crippen LogP contribution in [0.3, 0.4) is 0 Å². The highest BCUT2D eigenvalue weighted by molar-refractivity contribution is 6.04. The molecule has 2 nitrogen and oxygen atoms in total. The van der Waals surface area contributed by atoms with E-state index in [2.05, 4.69) is 5.32 Å². The van der Waals surface area contributed by atoms with Crippen molar-refractivity contribution < 1.29 is 22.4 Å². The van der Waals surface area contributed by atoms with Crippen molar-refractivity contribution in [3.63, 3.8) is 0 Å². The number of aryl methyl sites for hydroxylation is 1. The highest BCUT2D eigenvalue weighted by atomic mass is 19.4. The van der Waals surface area contributed by atoms with E-state index < -0.39 is 23.5 Å². The fourth-order valence-electron chi connectivity index (χ4n) is 1.76. The molecule has 0 radical (unpaired) electrons. The monoisotopic (exact) mass is 297 g/mol. The van der Waals surface area contributed by atoms with Crippen molar-refractivity contribution in [2.24, 2.45) is 0 Å². The van der Waals surface area contributed by atoms with Crippen molar-refractivity contribution in [1.29, 1.82) is 0 Å². The quantitative estimate of drug-likeness (QED) is 0.818. The number of alkyl halides is 3. The number of amides is 1. The van der Waals surface area contributed by atoms with Crippen LogP contribution in [0.15, 0.2) is 42.5 Å². The van der Waals surface area contributed by atoms with Crippen LogP contribution in [0.25, 0.3) is 0 Å². The van der Waals surface area contributed by atoms with Gasteiger partial charge in [0.25, 0.3) is 5.91 Å². The van der Waals surface area contributed by atoms with Gasteiger partial charge in [-0.3, -0.25) is 4.79 Å². The third-order valence-electron chi connectivity index (χ3n) is 2.87. The van der Waals surface area contributed by atoms with E-state index in [9.17, 15) is 22.4 Å². The summed E-state index contributed by atoms with van der Waals surface area (Å²) in [6.45, 7) is 1.50. The highest BCUT2D eigenvalue weighted by Crippen LogP contribution is 2.30. The average Bonchev–Trinajstić information content (AvgIpc) is 2.41. The first kappa shape index (κ1) is 15.0. The van der Waals surface area contributed by atoms with Crippen LogP contribution in [-0.4, -0.2) is 5.91 Å². The predicted molar refractivity (Wildman–Crippen MR) is 70.5 cm³/mol. The van der Waals surface area contributed by atoms with Gasteiger partial charge in [0.15, 0.2) is 0 Å². The second-order valence-electron chi connectivity index (χ2n) is 4.50. The first-order valence-corrected chi connectivity index (χ1v) is 6.02. The molecule has 0 fully saturated rings. The van der Waals surface area contributed by atoms with E-state index in [4.69, 9.17) is 0 Å². The number of rotatable bonds is 2. The van der Waals surface area contributed by atoms with Crippen LogP contribution in [0.5, 0.6) is 0 Å². The van der Waals surface area contributed by atoms with E-state index >= 15 is 0 Å². The second kappa shape index (κ2) is 5.55. The Labute approximate surface area is 118 Å². The van der Waals surface area contributed by atoms with Crippen LogP contribution in [0.1, 0.15) is 21.5 Å². The summed E-state index contributed by atoms with van der Waals surface area (Å²) in [7, 11) is 0. The van der Waals surface area contributed by atoms with Crippen LogP contribution in [0, 0.1) is 12.7 Å². The Morgan fingerprint density at radius 3 is 2.43 bits per heavy atom. The minimum atomic E-state index is -4.48. The molecule has 0 aliphatic carbocycles. The van der Waals surface area contributed by atoms with E-state index in [0.29, 0.717) is 0 Å². The van der Waals surface area contributed by atoms with Gasteiger partial charge in [-0.2, -0.15) is 13.2 Å². The molecule has 1 N–H and O–H groups in total. The lowest BCUT2D eigenvalue weighted by atomic mass is 10.1. The van der Waals surface area contributed by atoms with E-state index in [-0.39, 0.29) is 16.8 Å². The molecule has 0 spiro atoms. The second-order valence-corrected chi connectivity index (χ2v) is 4.50. The van der Waals surface area contributed by atoms with Crippen molar-refractivity contribution in [3.05, 3.63) is 65.0 Å². The van der Waals surface area contributed by atoms with Crippen LogP contribution in [0.2, 0.25) is 0 Å². The lowest BCUT2D eigenvalue weighted by Crippen LogP contribution is -2.13. The molecule has 0 bridgehead atoms. The molecule has 0 saturated carbocycles. The van der Waals surface area contributed by atoms with Crippen LogP contribution in [-0.2, 0) is 6.18 Å². The molecule has 2 rings (SSSR count). The number of benzene rings is 2. The molecule has 6 heteroatoms. The van der Waals surface area contributed by atoms with Crippen molar-refractivity contribution in [3.8, 4) is 0 Å². The van der Waals surface area contributed by atoms with Crippen molar-refractivity contribution >= 4 is 11.6 Å². The van der Waals surface area contributed by atoms with Gasteiger partial charge in [0.2, 0.25) is 0 Å². The smallest absolute Gasteiger partial charge is 0.322 e. The summed E-state index contributed by atoms with van der Waals surface area (Å²) < 4.78 is 50.8. The van der Waals surface area contributed by atoms with Gasteiger partial charge in [-0.25, -0.2) is 4.39 Å². The van der Waals surface area contributed by atoms with Gasteiger partial charge in [-0.1, -0.05) is 6.07 Å². The van der Waals surface area contributed by atoms with Crippen LogP contribution < -0.4 is 5.32 Å². The zero-order valence-corrected chi connectivity index (χ0v) is 11.0. The molecule has 0 aliphatic rings. The number of halogens is 4. The summed E-state index contributed by atoms with van der Waals surface area (Å²) >= 11 is 0. The molecule has 21 heavy (non-hydrogen) atoms. The number of anilines is 1. The number of hydrogen-bond acceptors (Lipinski definition) is 1. The third-order valence-corrected chi connectivity index (χ3v) is 2.87. The Morgan fingerprint density at radius 1 is 1.10 bits per heavy atom. The fourth-order valence-corrected chi connectivity index (χ4v) is 1.76. The normalized spacial score (nSPS) is 11.3. The van der Waals surface area contributed by atoms with Crippen LogP contribution >= 0.6 is 0 Å². The van der Waals surface area contributed by atoms with Crippen LogP contribution in [0.4, 0.5) is 23.2 Å². The van der Waals surface area contributed by atoms with Crippen molar-refractivity contribution in [2.45, 2.75) is 13.1 Å². The number of carbonyl (C=O) groups excluding carboxylic acids is 1. The predicted octanol–water partition coefficient (Wildman–Crippen LogP) is 4.41. The molecule has 0 unspecified atom stereocenters. The topological polar surface area (TPSA) is 29.1 Å². The first-order chi connectivity index (χ1) is 9.77. The number of carbonyl (C=O) groups is 1. The maximum absolute atomic E-state index is 13.1. The molecule has 0 heterocycles. The van der Waals surface area contributed by atoms with Gasteiger partial charge in [0, 0.05) is 11.3 Å². The maximum Gasteiger partial charge on any atom is 0.416 e.